The normalized spacial score (nSPS) is 10.9. The highest BCUT2D eigenvalue weighted by Crippen LogP contribution is 2.20. The molecule has 0 aliphatic rings. The number of nitrogens with two attached hydrogens (primary N) is 1. The minimum Gasteiger partial charge on any atom is -0.384 e. The minimum atomic E-state index is 0.559. The summed E-state index contributed by atoms with van der Waals surface area (Å²) < 4.78 is 2.53. The van der Waals surface area contributed by atoms with Crippen LogP contribution in [0.5, 0.6) is 0 Å². The van der Waals surface area contributed by atoms with E-state index in [9.17, 15) is 0 Å². The van der Waals surface area contributed by atoms with Gasteiger partial charge in [0.2, 0.25) is 0 Å². The van der Waals surface area contributed by atoms with Gasteiger partial charge in [-0.15, -0.1) is 5.10 Å². The van der Waals surface area contributed by atoms with Gasteiger partial charge in [-0.05, 0) is 12.1 Å². The Labute approximate surface area is 106 Å². The van der Waals surface area contributed by atoms with E-state index in [1.54, 1.807) is 10.6 Å². The fourth-order valence-corrected chi connectivity index (χ4v) is 2.12. The van der Waals surface area contributed by atoms with E-state index in [0.29, 0.717) is 11.6 Å². The zero-order valence-electron chi connectivity index (χ0n) is 8.84. The molecule has 2 N–H and O–H groups in total. The van der Waals surface area contributed by atoms with Gasteiger partial charge in [0.25, 0.3) is 0 Å². The van der Waals surface area contributed by atoms with Crippen molar-refractivity contribution in [2.75, 3.05) is 5.73 Å². The monoisotopic (exact) mass is 288 g/mol. The molecular weight excluding hydrogens is 280 g/mol. The van der Waals surface area contributed by atoms with E-state index in [1.165, 1.54) is 0 Å². The second kappa shape index (κ2) is 3.85. The van der Waals surface area contributed by atoms with E-state index in [2.05, 4.69) is 26.0 Å². The van der Waals surface area contributed by atoms with Crippen LogP contribution in [0.15, 0.2) is 46.9 Å². The topological polar surface area (TPSA) is 56.2 Å². The summed E-state index contributed by atoms with van der Waals surface area (Å²) in [6.07, 6.45) is 0. The number of anilines is 1. The SMILES string of the molecule is Nc1cc(Br)cc2nc(-c3ccccc3)nn12. The fourth-order valence-electron chi connectivity index (χ4n) is 1.68. The Bertz CT molecular complexity index is 676. The smallest absolute Gasteiger partial charge is 0.182 e. The third kappa shape index (κ3) is 1.78. The lowest BCUT2D eigenvalue weighted by Crippen LogP contribution is -1.97. The van der Waals surface area contributed by atoms with Crippen molar-refractivity contribution in [3.05, 3.63) is 46.9 Å². The molecule has 17 heavy (non-hydrogen) atoms. The molecular formula is C12H9BrN4. The Morgan fingerprint density at radius 3 is 2.65 bits per heavy atom. The summed E-state index contributed by atoms with van der Waals surface area (Å²) in [5.41, 5.74) is 7.59. The number of halogens is 1. The number of nitrogens with zero attached hydrogens (tertiary/aromatic N) is 3. The Kier molecular flexibility index (Phi) is 2.33. The number of pyridine rings is 1. The Balaban J connectivity index is 2.24. The Hall–Kier alpha value is -1.88. The maximum Gasteiger partial charge on any atom is 0.182 e. The second-order valence-corrected chi connectivity index (χ2v) is 4.59. The predicted molar refractivity (Wildman–Crippen MR) is 70.5 cm³/mol. The molecule has 0 aliphatic carbocycles. The molecule has 0 aliphatic heterocycles. The van der Waals surface area contributed by atoms with Crippen LogP contribution in [0.2, 0.25) is 0 Å². The molecule has 0 amide bonds. The average Bonchev–Trinajstić information content (AvgIpc) is 2.74. The van der Waals surface area contributed by atoms with Crippen LogP contribution in [-0.2, 0) is 0 Å². The zero-order chi connectivity index (χ0) is 11.8. The minimum absolute atomic E-state index is 0.559. The van der Waals surface area contributed by atoms with Crippen LogP contribution in [0, 0.1) is 0 Å². The van der Waals surface area contributed by atoms with Gasteiger partial charge in [-0.2, -0.15) is 4.52 Å². The molecule has 2 heterocycles. The van der Waals surface area contributed by atoms with Gasteiger partial charge in [0.05, 0.1) is 0 Å². The van der Waals surface area contributed by atoms with Gasteiger partial charge in [-0.3, -0.25) is 0 Å². The summed E-state index contributed by atoms with van der Waals surface area (Å²) in [7, 11) is 0. The highest BCUT2D eigenvalue weighted by Gasteiger charge is 2.08. The standard InChI is InChI=1S/C12H9BrN4/c13-9-6-10(14)17-11(7-9)15-12(16-17)8-4-2-1-3-5-8/h1-7H,14H2. The molecule has 0 atom stereocenters. The van der Waals surface area contributed by atoms with Crippen LogP contribution in [0.1, 0.15) is 0 Å². The van der Waals surface area contributed by atoms with Gasteiger partial charge in [-0.1, -0.05) is 46.3 Å². The van der Waals surface area contributed by atoms with Crippen molar-refractivity contribution in [1.82, 2.24) is 14.6 Å². The van der Waals surface area contributed by atoms with Crippen molar-refractivity contribution < 1.29 is 0 Å². The van der Waals surface area contributed by atoms with Crippen LogP contribution in [0.3, 0.4) is 0 Å². The van der Waals surface area contributed by atoms with E-state index >= 15 is 0 Å². The summed E-state index contributed by atoms with van der Waals surface area (Å²) >= 11 is 3.39. The summed E-state index contributed by atoms with van der Waals surface area (Å²) in [5, 5.41) is 4.38. The van der Waals surface area contributed by atoms with Crippen molar-refractivity contribution in [1.29, 1.82) is 0 Å². The van der Waals surface area contributed by atoms with Crippen LogP contribution in [0.25, 0.3) is 17.0 Å². The first kappa shape index (κ1) is 10.3. The highest BCUT2D eigenvalue weighted by molar-refractivity contribution is 9.10. The van der Waals surface area contributed by atoms with E-state index in [4.69, 9.17) is 5.73 Å². The van der Waals surface area contributed by atoms with Gasteiger partial charge < -0.3 is 5.73 Å². The number of hydrogen-bond donors (Lipinski definition) is 1. The lowest BCUT2D eigenvalue weighted by molar-refractivity contribution is 0.977. The number of fused-ring (bicyclic) bond motifs is 1. The molecule has 0 saturated carbocycles. The first-order valence-electron chi connectivity index (χ1n) is 5.11. The molecule has 5 heteroatoms. The van der Waals surface area contributed by atoms with E-state index in [1.807, 2.05) is 36.4 Å². The third-order valence-corrected chi connectivity index (χ3v) is 2.92. The van der Waals surface area contributed by atoms with Crippen LogP contribution < -0.4 is 5.73 Å². The van der Waals surface area contributed by atoms with Gasteiger partial charge in [-0.25, -0.2) is 4.98 Å². The maximum absolute atomic E-state index is 5.88. The van der Waals surface area contributed by atoms with E-state index < -0.39 is 0 Å². The van der Waals surface area contributed by atoms with Crippen molar-refractivity contribution >= 4 is 27.4 Å². The molecule has 4 nitrogen and oxygen atoms in total. The first-order valence-corrected chi connectivity index (χ1v) is 5.90. The lowest BCUT2D eigenvalue weighted by Gasteiger charge is -1.97. The average molecular weight is 289 g/mol. The molecule has 0 saturated heterocycles. The number of nitrogen functional groups attached to an aromatic ring is 1. The van der Waals surface area contributed by atoms with Gasteiger partial charge in [0, 0.05) is 10.0 Å². The summed E-state index contributed by atoms with van der Waals surface area (Å²) in [5.74, 6) is 1.24. The quantitative estimate of drug-likeness (QED) is 0.749. The fraction of sp³-hybridized carbons (Fsp3) is 0. The largest absolute Gasteiger partial charge is 0.384 e. The molecule has 84 valence electrons. The van der Waals surface area contributed by atoms with Crippen LogP contribution in [0.4, 0.5) is 5.82 Å². The van der Waals surface area contributed by atoms with Gasteiger partial charge >= 0.3 is 0 Å². The number of aromatic nitrogens is 3. The Morgan fingerprint density at radius 1 is 1.12 bits per heavy atom. The predicted octanol–water partition coefficient (Wildman–Crippen LogP) is 2.74. The molecule has 0 spiro atoms. The number of benzene rings is 1. The molecule has 2 aromatic heterocycles. The molecule has 1 aromatic carbocycles. The molecule has 3 aromatic rings. The summed E-state index contributed by atoms with van der Waals surface area (Å²) in [6, 6.07) is 13.5. The molecule has 3 rings (SSSR count). The molecule has 0 radical (unpaired) electrons. The van der Waals surface area contributed by atoms with Crippen LogP contribution >= 0.6 is 15.9 Å². The lowest BCUT2D eigenvalue weighted by atomic mass is 10.2. The third-order valence-electron chi connectivity index (χ3n) is 2.46. The zero-order valence-corrected chi connectivity index (χ0v) is 10.4. The molecule has 0 unspecified atom stereocenters. The first-order chi connectivity index (χ1) is 8.24. The van der Waals surface area contributed by atoms with E-state index in [-0.39, 0.29) is 0 Å². The van der Waals surface area contributed by atoms with Crippen molar-refractivity contribution in [3.63, 3.8) is 0 Å². The molecule has 0 bridgehead atoms. The van der Waals surface area contributed by atoms with Crippen molar-refractivity contribution in [2.45, 2.75) is 0 Å². The summed E-state index contributed by atoms with van der Waals surface area (Å²) in [4.78, 5) is 4.45. The Morgan fingerprint density at radius 2 is 1.88 bits per heavy atom. The van der Waals surface area contributed by atoms with Gasteiger partial charge in [0.1, 0.15) is 5.82 Å². The molecule has 0 fully saturated rings. The highest BCUT2D eigenvalue weighted by atomic mass is 79.9. The number of rotatable bonds is 1. The summed E-state index contributed by atoms with van der Waals surface area (Å²) in [6.45, 7) is 0. The maximum atomic E-state index is 5.88. The van der Waals surface area contributed by atoms with Crippen molar-refractivity contribution in [3.8, 4) is 11.4 Å². The van der Waals surface area contributed by atoms with Crippen molar-refractivity contribution in [2.24, 2.45) is 0 Å². The number of hydrogen-bond acceptors (Lipinski definition) is 3. The van der Waals surface area contributed by atoms with Crippen LogP contribution in [-0.4, -0.2) is 14.6 Å². The van der Waals surface area contributed by atoms with E-state index in [0.717, 1.165) is 15.7 Å². The second-order valence-electron chi connectivity index (χ2n) is 3.67. The van der Waals surface area contributed by atoms with Gasteiger partial charge in [0.15, 0.2) is 11.5 Å².